The lowest BCUT2D eigenvalue weighted by atomic mass is 10.2. The van der Waals surface area contributed by atoms with Gasteiger partial charge in [-0.1, -0.05) is 0 Å². The van der Waals surface area contributed by atoms with Crippen LogP contribution in [0.4, 0.5) is 0 Å². The first-order chi connectivity index (χ1) is 9.40. The quantitative estimate of drug-likeness (QED) is 0.831. The van der Waals surface area contributed by atoms with Crippen LogP contribution in [0.5, 0.6) is 0 Å². The summed E-state index contributed by atoms with van der Waals surface area (Å²) in [5.74, 6) is 0.0725. The van der Waals surface area contributed by atoms with Gasteiger partial charge in [0.2, 0.25) is 5.09 Å². The molecule has 1 aliphatic rings. The Balaban J connectivity index is 0.00000220. The predicted octanol–water partition coefficient (Wildman–Crippen LogP) is 0.481. The largest absolute Gasteiger partial charge is 0.448 e. The van der Waals surface area contributed by atoms with Gasteiger partial charge in [-0.15, -0.1) is 12.4 Å². The highest BCUT2D eigenvalue weighted by molar-refractivity contribution is 7.89. The van der Waals surface area contributed by atoms with Gasteiger partial charge < -0.3 is 15.1 Å². The lowest BCUT2D eigenvalue weighted by molar-refractivity contribution is 0.0739. The molecule has 0 aromatic carbocycles. The van der Waals surface area contributed by atoms with E-state index >= 15 is 0 Å². The van der Waals surface area contributed by atoms with Crippen molar-refractivity contribution >= 4 is 28.3 Å². The Morgan fingerprint density at radius 2 is 2.24 bits per heavy atom. The molecule has 0 radical (unpaired) electrons. The third-order valence-electron chi connectivity index (χ3n) is 3.57. The van der Waals surface area contributed by atoms with E-state index in [0.29, 0.717) is 18.8 Å². The number of nitrogens with two attached hydrogens (primary N) is 1. The Hall–Kier alpha value is -1.09. The zero-order valence-electron chi connectivity index (χ0n) is 12.0. The molecular weight excluding hydrogens is 318 g/mol. The van der Waals surface area contributed by atoms with E-state index in [9.17, 15) is 13.2 Å². The molecular formula is C12H20ClN3O4S. The molecule has 21 heavy (non-hydrogen) atoms. The predicted molar refractivity (Wildman–Crippen MR) is 80.1 cm³/mol. The zero-order valence-corrected chi connectivity index (χ0v) is 13.6. The van der Waals surface area contributed by atoms with Crippen molar-refractivity contribution in [2.24, 2.45) is 5.73 Å². The number of furan rings is 1. The summed E-state index contributed by atoms with van der Waals surface area (Å²) in [6, 6.07) is 1.29. The molecule has 1 saturated heterocycles. The summed E-state index contributed by atoms with van der Waals surface area (Å²) in [5.41, 5.74) is 5.93. The first-order valence-corrected chi connectivity index (χ1v) is 7.94. The van der Waals surface area contributed by atoms with Gasteiger partial charge in [0.1, 0.15) is 5.76 Å². The normalized spacial score (nSPS) is 18.6. The highest BCUT2D eigenvalue weighted by Gasteiger charge is 2.31. The highest BCUT2D eigenvalue weighted by atomic mass is 35.5. The van der Waals surface area contributed by atoms with Gasteiger partial charge in [-0.05, 0) is 26.8 Å². The first kappa shape index (κ1) is 18.0. The molecule has 1 amide bonds. The number of nitrogens with one attached hydrogen (secondary N) is 1. The number of hydrogen-bond donors (Lipinski definition) is 2. The second kappa shape index (κ2) is 6.78. The summed E-state index contributed by atoms with van der Waals surface area (Å²) in [6.45, 7) is 2.62. The Labute approximate surface area is 130 Å². The van der Waals surface area contributed by atoms with Gasteiger partial charge in [0.05, 0.1) is 5.56 Å². The molecule has 120 valence electrons. The minimum absolute atomic E-state index is 0. The number of aryl methyl sites for hydroxylation is 1. The van der Waals surface area contributed by atoms with E-state index in [-0.39, 0.29) is 35.0 Å². The Kier molecular flexibility index (Phi) is 5.80. The molecule has 1 atom stereocenters. The molecule has 1 aromatic rings. The molecule has 0 aliphatic carbocycles. The van der Waals surface area contributed by atoms with Crippen LogP contribution in [0.15, 0.2) is 15.6 Å². The summed E-state index contributed by atoms with van der Waals surface area (Å²) >= 11 is 0. The third kappa shape index (κ3) is 3.39. The second-order valence-corrected chi connectivity index (χ2v) is 6.59. The first-order valence-electron chi connectivity index (χ1n) is 6.45. The molecule has 0 spiro atoms. The summed E-state index contributed by atoms with van der Waals surface area (Å²) in [5, 5.41) is -0.246. The van der Waals surface area contributed by atoms with E-state index in [4.69, 9.17) is 10.2 Å². The van der Waals surface area contributed by atoms with Crippen molar-refractivity contribution in [3.63, 3.8) is 0 Å². The number of likely N-dealkylation sites (tertiary alicyclic amines) is 1. The minimum Gasteiger partial charge on any atom is -0.448 e. The molecule has 9 heteroatoms. The fourth-order valence-corrected chi connectivity index (χ4v) is 3.11. The van der Waals surface area contributed by atoms with E-state index in [0.717, 1.165) is 12.8 Å². The minimum atomic E-state index is -3.69. The second-order valence-electron chi connectivity index (χ2n) is 4.77. The van der Waals surface area contributed by atoms with Crippen LogP contribution in [-0.4, -0.2) is 45.4 Å². The van der Waals surface area contributed by atoms with Gasteiger partial charge in [0.25, 0.3) is 15.9 Å². The van der Waals surface area contributed by atoms with Gasteiger partial charge in [0, 0.05) is 25.2 Å². The number of halogens is 1. The lowest BCUT2D eigenvalue weighted by Gasteiger charge is -2.23. The standard InChI is InChI=1S/C12H19N3O4S.ClH/c1-8-10(6-11(19-8)20(17,18)14-2)12(16)15-5-3-4-9(15)7-13;/h6,9,14H,3-5,7,13H2,1-2H3;1H. The maximum absolute atomic E-state index is 12.5. The van der Waals surface area contributed by atoms with Crippen molar-refractivity contribution in [2.75, 3.05) is 20.1 Å². The van der Waals surface area contributed by atoms with E-state index in [2.05, 4.69) is 4.72 Å². The fourth-order valence-electron chi connectivity index (χ4n) is 2.40. The third-order valence-corrected chi connectivity index (χ3v) is 4.84. The molecule has 7 nitrogen and oxygen atoms in total. The Bertz CT molecular complexity index is 614. The van der Waals surface area contributed by atoms with Crippen molar-refractivity contribution in [1.82, 2.24) is 9.62 Å². The average molecular weight is 338 g/mol. The highest BCUT2D eigenvalue weighted by Crippen LogP contribution is 2.24. The van der Waals surface area contributed by atoms with Gasteiger partial charge in [-0.2, -0.15) is 0 Å². The van der Waals surface area contributed by atoms with Gasteiger partial charge in [-0.25, -0.2) is 13.1 Å². The van der Waals surface area contributed by atoms with Gasteiger partial charge in [-0.3, -0.25) is 4.79 Å². The number of hydrogen-bond acceptors (Lipinski definition) is 5. The van der Waals surface area contributed by atoms with E-state index in [1.807, 2.05) is 0 Å². The van der Waals surface area contributed by atoms with Gasteiger partial charge >= 0.3 is 0 Å². The molecule has 1 aliphatic heterocycles. The molecule has 1 aromatic heterocycles. The molecule has 1 unspecified atom stereocenters. The smallest absolute Gasteiger partial charge is 0.273 e. The van der Waals surface area contributed by atoms with Crippen LogP contribution in [0.2, 0.25) is 0 Å². The van der Waals surface area contributed by atoms with Crippen molar-refractivity contribution in [3.05, 3.63) is 17.4 Å². The number of amides is 1. The summed E-state index contributed by atoms with van der Waals surface area (Å²) in [4.78, 5) is 14.1. The maximum Gasteiger partial charge on any atom is 0.273 e. The molecule has 3 N–H and O–H groups in total. The summed E-state index contributed by atoms with van der Waals surface area (Å²) in [6.07, 6.45) is 1.78. The topological polar surface area (TPSA) is 106 Å². The zero-order chi connectivity index (χ0) is 14.9. The van der Waals surface area contributed by atoms with Crippen LogP contribution in [0.1, 0.15) is 29.0 Å². The summed E-state index contributed by atoms with van der Waals surface area (Å²) < 4.78 is 30.7. The molecule has 0 bridgehead atoms. The van der Waals surface area contributed by atoms with Crippen molar-refractivity contribution < 1.29 is 17.6 Å². The molecule has 1 fully saturated rings. The number of carbonyl (C=O) groups is 1. The van der Waals surface area contributed by atoms with Crippen LogP contribution < -0.4 is 10.5 Å². The van der Waals surface area contributed by atoms with Crippen molar-refractivity contribution in [2.45, 2.75) is 30.9 Å². The van der Waals surface area contributed by atoms with E-state index < -0.39 is 10.0 Å². The van der Waals surface area contributed by atoms with Crippen LogP contribution in [-0.2, 0) is 10.0 Å². The number of rotatable bonds is 4. The summed E-state index contributed by atoms with van der Waals surface area (Å²) in [7, 11) is -2.40. The average Bonchev–Trinajstić information content (AvgIpc) is 3.04. The maximum atomic E-state index is 12.5. The Morgan fingerprint density at radius 3 is 2.81 bits per heavy atom. The van der Waals surface area contributed by atoms with Crippen molar-refractivity contribution in [3.8, 4) is 0 Å². The van der Waals surface area contributed by atoms with Crippen LogP contribution in [0, 0.1) is 6.92 Å². The molecule has 2 heterocycles. The Morgan fingerprint density at radius 1 is 1.57 bits per heavy atom. The molecule has 0 saturated carbocycles. The lowest BCUT2D eigenvalue weighted by Crippen LogP contribution is -2.40. The van der Waals surface area contributed by atoms with Crippen molar-refractivity contribution in [1.29, 1.82) is 0 Å². The molecule has 2 rings (SSSR count). The number of sulfonamides is 1. The van der Waals surface area contributed by atoms with Crippen LogP contribution in [0.25, 0.3) is 0 Å². The fraction of sp³-hybridized carbons (Fsp3) is 0.583. The monoisotopic (exact) mass is 337 g/mol. The van der Waals surface area contributed by atoms with E-state index in [1.165, 1.54) is 13.1 Å². The SMILES string of the molecule is CNS(=O)(=O)c1cc(C(=O)N2CCCC2CN)c(C)o1.Cl. The number of carbonyl (C=O) groups excluding carboxylic acids is 1. The van der Waals surface area contributed by atoms with Crippen LogP contribution >= 0.6 is 12.4 Å². The van der Waals surface area contributed by atoms with E-state index in [1.54, 1.807) is 11.8 Å². The van der Waals surface area contributed by atoms with Gasteiger partial charge in [0.15, 0.2) is 0 Å². The number of nitrogens with zero attached hydrogens (tertiary/aromatic N) is 1. The van der Waals surface area contributed by atoms with Crippen LogP contribution in [0.3, 0.4) is 0 Å².